The summed E-state index contributed by atoms with van der Waals surface area (Å²) in [4.78, 5) is 46.1. The first-order valence-electron chi connectivity index (χ1n) is 8.71. The Morgan fingerprint density at radius 3 is 2.73 bits per heavy atom. The van der Waals surface area contributed by atoms with Crippen molar-refractivity contribution in [1.82, 2.24) is 9.97 Å². The molecule has 26 heavy (non-hydrogen) atoms. The number of pyridine rings is 1. The van der Waals surface area contributed by atoms with Crippen LogP contribution in [0.15, 0.2) is 18.3 Å². The first-order valence-corrected chi connectivity index (χ1v) is 9.52. The number of aromatic nitrogens is 2. The standard InChI is InChI=1S/C19H21N3O3S/c1-3-4-12-6-5-11(9-21-12)17(24)16-10(2)7-13-19(18(16)25)26-15(22-13)8-14(20)23/h5-6,9-10,16H,3-4,7-8H2,1-2H3,(H2,20,23). The molecule has 2 aromatic rings. The SMILES string of the molecule is CCCc1ccc(C(=O)C2C(=O)c3sc(CC(N)=O)nc3CC2C)cn1. The lowest BCUT2D eigenvalue weighted by atomic mass is 9.77. The summed E-state index contributed by atoms with van der Waals surface area (Å²) in [6.45, 7) is 3.96. The van der Waals surface area contributed by atoms with Gasteiger partial charge in [0.25, 0.3) is 0 Å². The average Bonchev–Trinajstić information content (AvgIpc) is 2.97. The quantitative estimate of drug-likeness (QED) is 0.620. The maximum Gasteiger partial charge on any atom is 0.224 e. The molecule has 136 valence electrons. The van der Waals surface area contributed by atoms with E-state index < -0.39 is 11.8 Å². The van der Waals surface area contributed by atoms with Crippen molar-refractivity contribution in [3.8, 4) is 0 Å². The van der Waals surface area contributed by atoms with E-state index in [4.69, 9.17) is 5.73 Å². The number of hydrogen-bond donors (Lipinski definition) is 1. The number of nitrogens with zero attached hydrogens (tertiary/aromatic N) is 2. The van der Waals surface area contributed by atoms with Crippen LogP contribution >= 0.6 is 11.3 Å². The number of primary amides is 1. The van der Waals surface area contributed by atoms with Gasteiger partial charge in [-0.05, 0) is 30.9 Å². The predicted octanol–water partition coefficient (Wildman–Crippen LogP) is 2.39. The molecule has 3 rings (SSSR count). The summed E-state index contributed by atoms with van der Waals surface area (Å²) in [7, 11) is 0. The zero-order valence-electron chi connectivity index (χ0n) is 14.8. The number of hydrogen-bond acceptors (Lipinski definition) is 6. The fraction of sp³-hybridized carbons (Fsp3) is 0.421. The minimum atomic E-state index is -0.733. The van der Waals surface area contributed by atoms with Gasteiger partial charge in [0.05, 0.1) is 22.9 Å². The fourth-order valence-corrected chi connectivity index (χ4v) is 4.39. The molecule has 2 atom stereocenters. The maximum absolute atomic E-state index is 12.9. The second-order valence-electron chi connectivity index (χ2n) is 6.70. The molecule has 2 aromatic heterocycles. The number of carbonyl (C=O) groups excluding carboxylic acids is 3. The number of rotatable bonds is 6. The Balaban J connectivity index is 1.86. The first-order chi connectivity index (χ1) is 12.4. The molecule has 0 aromatic carbocycles. The molecule has 0 spiro atoms. The monoisotopic (exact) mass is 371 g/mol. The molecule has 0 aliphatic heterocycles. The zero-order chi connectivity index (χ0) is 18.8. The molecule has 1 amide bonds. The van der Waals surface area contributed by atoms with E-state index in [1.165, 1.54) is 11.3 Å². The van der Waals surface area contributed by atoms with E-state index in [-0.39, 0.29) is 23.9 Å². The summed E-state index contributed by atoms with van der Waals surface area (Å²) < 4.78 is 0. The van der Waals surface area contributed by atoms with Crippen LogP contribution < -0.4 is 5.73 Å². The topological polar surface area (TPSA) is 103 Å². The van der Waals surface area contributed by atoms with Crippen molar-refractivity contribution < 1.29 is 14.4 Å². The summed E-state index contributed by atoms with van der Waals surface area (Å²) in [6, 6.07) is 3.60. The van der Waals surface area contributed by atoms with Crippen molar-refractivity contribution in [2.75, 3.05) is 0 Å². The van der Waals surface area contributed by atoms with Crippen LogP contribution in [-0.4, -0.2) is 27.4 Å². The first kappa shape index (κ1) is 18.4. The molecule has 6 nitrogen and oxygen atoms in total. The third-order valence-corrected chi connectivity index (χ3v) is 5.67. The summed E-state index contributed by atoms with van der Waals surface area (Å²) >= 11 is 1.17. The lowest BCUT2D eigenvalue weighted by molar-refractivity contribution is -0.117. The molecule has 0 radical (unpaired) electrons. The van der Waals surface area contributed by atoms with Gasteiger partial charge in [0, 0.05) is 17.5 Å². The van der Waals surface area contributed by atoms with Crippen molar-refractivity contribution in [2.45, 2.75) is 39.5 Å². The summed E-state index contributed by atoms with van der Waals surface area (Å²) in [5, 5.41) is 0.529. The normalized spacial score (nSPS) is 19.2. The molecule has 2 heterocycles. The smallest absolute Gasteiger partial charge is 0.224 e. The van der Waals surface area contributed by atoms with Crippen molar-refractivity contribution in [3.63, 3.8) is 0 Å². The van der Waals surface area contributed by atoms with Gasteiger partial charge in [-0.25, -0.2) is 4.98 Å². The Kier molecular flexibility index (Phi) is 5.27. The van der Waals surface area contributed by atoms with E-state index in [9.17, 15) is 14.4 Å². The lowest BCUT2D eigenvalue weighted by Gasteiger charge is -2.25. The third-order valence-electron chi connectivity index (χ3n) is 4.56. The summed E-state index contributed by atoms with van der Waals surface area (Å²) in [5.74, 6) is -1.78. The Labute approximate surface area is 155 Å². The molecule has 2 unspecified atom stereocenters. The van der Waals surface area contributed by atoms with E-state index in [2.05, 4.69) is 16.9 Å². The third kappa shape index (κ3) is 3.58. The van der Waals surface area contributed by atoms with Gasteiger partial charge in [0.15, 0.2) is 11.6 Å². The van der Waals surface area contributed by atoms with Gasteiger partial charge in [-0.3, -0.25) is 19.4 Å². The Bertz CT molecular complexity index is 857. The molecule has 2 N–H and O–H groups in total. The minimum Gasteiger partial charge on any atom is -0.369 e. The van der Waals surface area contributed by atoms with Crippen molar-refractivity contribution in [2.24, 2.45) is 17.6 Å². The number of carbonyl (C=O) groups is 3. The number of amides is 1. The second kappa shape index (κ2) is 7.45. The summed E-state index contributed by atoms with van der Waals surface area (Å²) in [5.41, 5.74) is 7.28. The van der Waals surface area contributed by atoms with Crippen LogP contribution in [0.5, 0.6) is 0 Å². The average molecular weight is 371 g/mol. The highest BCUT2D eigenvalue weighted by atomic mass is 32.1. The predicted molar refractivity (Wildman–Crippen MR) is 98.3 cm³/mol. The molecular formula is C19H21N3O3S. The molecule has 1 aliphatic carbocycles. The van der Waals surface area contributed by atoms with Gasteiger partial charge in [0.1, 0.15) is 5.01 Å². The maximum atomic E-state index is 12.9. The van der Waals surface area contributed by atoms with Crippen LogP contribution in [0.3, 0.4) is 0 Å². The zero-order valence-corrected chi connectivity index (χ0v) is 15.6. The number of Topliss-reactive ketones (excluding diaryl/α,β-unsaturated/α-hetero) is 2. The van der Waals surface area contributed by atoms with Crippen LogP contribution in [0.4, 0.5) is 0 Å². The summed E-state index contributed by atoms with van der Waals surface area (Å²) in [6.07, 6.45) is 3.96. The fourth-order valence-electron chi connectivity index (χ4n) is 3.31. The molecule has 0 saturated heterocycles. The highest BCUT2D eigenvalue weighted by Gasteiger charge is 2.40. The minimum absolute atomic E-state index is 0.0146. The number of ketones is 2. The lowest BCUT2D eigenvalue weighted by Crippen LogP contribution is -2.35. The van der Waals surface area contributed by atoms with Crippen LogP contribution in [0.2, 0.25) is 0 Å². The van der Waals surface area contributed by atoms with E-state index in [0.717, 1.165) is 18.5 Å². The van der Waals surface area contributed by atoms with Crippen LogP contribution in [-0.2, 0) is 24.1 Å². The van der Waals surface area contributed by atoms with Gasteiger partial charge in [-0.2, -0.15) is 0 Å². The molecule has 1 aliphatic rings. The molecule has 0 saturated carbocycles. The van der Waals surface area contributed by atoms with Crippen LogP contribution in [0, 0.1) is 11.8 Å². The number of thiazole rings is 1. The van der Waals surface area contributed by atoms with Gasteiger partial charge in [-0.15, -0.1) is 11.3 Å². The van der Waals surface area contributed by atoms with E-state index in [0.29, 0.717) is 27.6 Å². The molecular weight excluding hydrogens is 350 g/mol. The van der Waals surface area contributed by atoms with Crippen molar-refractivity contribution in [1.29, 1.82) is 0 Å². The highest BCUT2D eigenvalue weighted by Crippen LogP contribution is 2.35. The van der Waals surface area contributed by atoms with E-state index in [1.54, 1.807) is 12.3 Å². The van der Waals surface area contributed by atoms with Crippen molar-refractivity contribution in [3.05, 3.63) is 45.2 Å². The second-order valence-corrected chi connectivity index (χ2v) is 7.79. The van der Waals surface area contributed by atoms with Crippen LogP contribution in [0.25, 0.3) is 0 Å². The Morgan fingerprint density at radius 2 is 2.12 bits per heavy atom. The molecule has 0 bridgehead atoms. The van der Waals surface area contributed by atoms with Gasteiger partial charge in [0.2, 0.25) is 5.91 Å². The van der Waals surface area contributed by atoms with Gasteiger partial charge < -0.3 is 5.73 Å². The van der Waals surface area contributed by atoms with Crippen LogP contribution in [0.1, 0.15) is 56.7 Å². The Morgan fingerprint density at radius 1 is 1.35 bits per heavy atom. The number of aryl methyl sites for hydroxylation is 1. The van der Waals surface area contributed by atoms with Gasteiger partial charge in [-0.1, -0.05) is 20.3 Å². The number of nitrogens with two attached hydrogens (primary N) is 1. The Hall–Kier alpha value is -2.41. The number of fused-ring (bicyclic) bond motifs is 1. The van der Waals surface area contributed by atoms with E-state index in [1.807, 2.05) is 13.0 Å². The molecule has 0 fully saturated rings. The highest BCUT2D eigenvalue weighted by molar-refractivity contribution is 7.14. The molecule has 7 heteroatoms. The largest absolute Gasteiger partial charge is 0.369 e. The van der Waals surface area contributed by atoms with Crippen molar-refractivity contribution >= 4 is 28.8 Å². The van der Waals surface area contributed by atoms with E-state index >= 15 is 0 Å². The van der Waals surface area contributed by atoms with Gasteiger partial charge >= 0.3 is 0 Å².